The van der Waals surface area contributed by atoms with Crippen molar-refractivity contribution in [1.29, 1.82) is 0 Å². The molecule has 6 heteroatoms. The van der Waals surface area contributed by atoms with Crippen LogP contribution in [0.1, 0.15) is 32.6 Å². The smallest absolute Gasteiger partial charge is 0.315 e. The number of amides is 2. The minimum atomic E-state index is -0.811. The van der Waals surface area contributed by atoms with Gasteiger partial charge >= 0.3 is 12.0 Å². The topological polar surface area (TPSA) is 78.4 Å². The maximum absolute atomic E-state index is 11.6. The number of rotatable bonds is 6. The molecule has 5 nitrogen and oxygen atoms in total. The van der Waals surface area contributed by atoms with Crippen LogP contribution in [-0.4, -0.2) is 41.2 Å². The Labute approximate surface area is 112 Å². The molecule has 1 saturated carbocycles. The summed E-state index contributed by atoms with van der Waals surface area (Å²) in [6.07, 6.45) is 5.24. The number of aliphatic carboxylic acids is 1. The molecule has 0 aliphatic heterocycles. The highest BCUT2D eigenvalue weighted by Gasteiger charge is 2.33. The predicted octanol–water partition coefficient (Wildman–Crippen LogP) is 1.68. The van der Waals surface area contributed by atoms with Gasteiger partial charge < -0.3 is 15.7 Å². The first kappa shape index (κ1) is 15.1. The zero-order chi connectivity index (χ0) is 13.5. The first-order chi connectivity index (χ1) is 8.54. The number of thioether (sulfide) groups is 1. The molecule has 0 aromatic rings. The highest BCUT2D eigenvalue weighted by Crippen LogP contribution is 2.25. The molecule has 0 aromatic carbocycles. The molecule has 3 N–H and O–H groups in total. The Kier molecular flexibility index (Phi) is 6.32. The molecule has 3 atom stereocenters. The SMILES string of the molecule is CSC(C)CCNC(=O)NC1CCCC1C(=O)O. The summed E-state index contributed by atoms with van der Waals surface area (Å²) in [6, 6.07) is -0.470. The van der Waals surface area contributed by atoms with Crippen molar-refractivity contribution in [1.82, 2.24) is 10.6 Å². The van der Waals surface area contributed by atoms with E-state index in [1.165, 1.54) is 0 Å². The first-order valence-electron chi connectivity index (χ1n) is 6.34. The van der Waals surface area contributed by atoms with Crippen LogP contribution < -0.4 is 10.6 Å². The molecule has 0 bridgehead atoms. The van der Waals surface area contributed by atoms with E-state index in [0.717, 1.165) is 19.3 Å². The van der Waals surface area contributed by atoms with Gasteiger partial charge in [-0.25, -0.2) is 4.79 Å². The Morgan fingerprint density at radius 1 is 1.44 bits per heavy atom. The largest absolute Gasteiger partial charge is 0.481 e. The van der Waals surface area contributed by atoms with Crippen molar-refractivity contribution in [2.24, 2.45) is 5.92 Å². The standard InChI is InChI=1S/C12H22N2O3S/c1-8(18-2)6-7-13-12(17)14-10-5-3-4-9(10)11(15)16/h8-10H,3-7H2,1-2H3,(H,15,16)(H2,13,14,17). The van der Waals surface area contributed by atoms with Gasteiger partial charge in [-0.05, 0) is 25.5 Å². The third-order valence-corrected chi connectivity index (χ3v) is 4.43. The van der Waals surface area contributed by atoms with Crippen LogP contribution in [0.15, 0.2) is 0 Å². The quantitative estimate of drug-likeness (QED) is 0.688. The third-order valence-electron chi connectivity index (χ3n) is 3.39. The second-order valence-corrected chi connectivity index (χ2v) is 5.99. The molecule has 1 rings (SSSR count). The maximum atomic E-state index is 11.6. The van der Waals surface area contributed by atoms with E-state index in [4.69, 9.17) is 5.11 Å². The Morgan fingerprint density at radius 3 is 2.78 bits per heavy atom. The summed E-state index contributed by atoms with van der Waals surface area (Å²) >= 11 is 1.76. The summed E-state index contributed by atoms with van der Waals surface area (Å²) in [6.45, 7) is 2.74. The Bertz CT molecular complexity index is 299. The maximum Gasteiger partial charge on any atom is 0.315 e. The fourth-order valence-corrected chi connectivity index (χ4v) is 2.51. The lowest BCUT2D eigenvalue weighted by Gasteiger charge is -2.18. The molecule has 0 radical (unpaired) electrons. The van der Waals surface area contributed by atoms with E-state index in [1.54, 1.807) is 11.8 Å². The summed E-state index contributed by atoms with van der Waals surface area (Å²) in [7, 11) is 0. The zero-order valence-corrected chi connectivity index (χ0v) is 11.8. The minimum Gasteiger partial charge on any atom is -0.481 e. The number of hydrogen-bond acceptors (Lipinski definition) is 3. The molecule has 0 spiro atoms. The highest BCUT2D eigenvalue weighted by molar-refractivity contribution is 7.99. The van der Waals surface area contributed by atoms with Crippen molar-refractivity contribution in [3.05, 3.63) is 0 Å². The fourth-order valence-electron chi connectivity index (χ4n) is 2.15. The van der Waals surface area contributed by atoms with Gasteiger partial charge in [-0.15, -0.1) is 0 Å². The second-order valence-electron chi connectivity index (χ2n) is 4.72. The number of carbonyl (C=O) groups is 2. The van der Waals surface area contributed by atoms with E-state index in [2.05, 4.69) is 17.6 Å². The molecular formula is C12H22N2O3S. The van der Waals surface area contributed by atoms with Gasteiger partial charge in [-0.1, -0.05) is 13.3 Å². The molecule has 18 heavy (non-hydrogen) atoms. The molecule has 104 valence electrons. The highest BCUT2D eigenvalue weighted by atomic mass is 32.2. The van der Waals surface area contributed by atoms with E-state index < -0.39 is 11.9 Å². The lowest BCUT2D eigenvalue weighted by atomic mass is 10.0. The van der Waals surface area contributed by atoms with Crippen molar-refractivity contribution in [2.45, 2.75) is 43.9 Å². The third kappa shape index (κ3) is 4.76. The van der Waals surface area contributed by atoms with Gasteiger partial charge in [0.1, 0.15) is 0 Å². The normalized spacial score (nSPS) is 24.6. The molecule has 3 unspecified atom stereocenters. The summed E-state index contributed by atoms with van der Waals surface area (Å²) in [5.74, 6) is -1.24. The predicted molar refractivity (Wildman–Crippen MR) is 72.9 cm³/mol. The molecule has 0 saturated heterocycles. The number of carbonyl (C=O) groups excluding carboxylic acids is 1. The lowest BCUT2D eigenvalue weighted by Crippen LogP contribution is -2.45. The Morgan fingerprint density at radius 2 is 2.17 bits per heavy atom. The van der Waals surface area contributed by atoms with Crippen molar-refractivity contribution in [3.63, 3.8) is 0 Å². The van der Waals surface area contributed by atoms with Gasteiger partial charge in [-0.2, -0.15) is 11.8 Å². The summed E-state index contributed by atoms with van der Waals surface area (Å²) in [5, 5.41) is 15.1. The van der Waals surface area contributed by atoms with Crippen LogP contribution in [0.3, 0.4) is 0 Å². The molecule has 1 aliphatic rings. The van der Waals surface area contributed by atoms with Crippen LogP contribution in [0, 0.1) is 5.92 Å². The minimum absolute atomic E-state index is 0.222. The second kappa shape index (κ2) is 7.51. The molecule has 1 fully saturated rings. The lowest BCUT2D eigenvalue weighted by molar-refractivity contribution is -0.142. The number of carboxylic acids is 1. The van der Waals surface area contributed by atoms with Crippen LogP contribution in [0.5, 0.6) is 0 Å². The average Bonchev–Trinajstić information content (AvgIpc) is 2.76. The van der Waals surface area contributed by atoms with Crippen LogP contribution in [0.25, 0.3) is 0 Å². The van der Waals surface area contributed by atoms with Gasteiger partial charge in [0.2, 0.25) is 0 Å². The van der Waals surface area contributed by atoms with Gasteiger partial charge in [-0.3, -0.25) is 4.79 Å². The van der Waals surface area contributed by atoms with Gasteiger partial charge in [0.05, 0.1) is 5.92 Å². The summed E-state index contributed by atoms with van der Waals surface area (Å²) in [5.41, 5.74) is 0. The Balaban J connectivity index is 2.25. The Hall–Kier alpha value is -0.910. The summed E-state index contributed by atoms with van der Waals surface area (Å²) in [4.78, 5) is 22.6. The molecular weight excluding hydrogens is 252 g/mol. The van der Waals surface area contributed by atoms with E-state index in [9.17, 15) is 9.59 Å². The molecule has 0 heterocycles. The zero-order valence-electron chi connectivity index (χ0n) is 10.9. The molecule has 2 amide bonds. The molecule has 1 aliphatic carbocycles. The van der Waals surface area contributed by atoms with Crippen LogP contribution in [-0.2, 0) is 4.79 Å². The van der Waals surface area contributed by atoms with Gasteiger partial charge in [0, 0.05) is 17.8 Å². The van der Waals surface area contributed by atoms with Gasteiger partial charge in [0.25, 0.3) is 0 Å². The number of carboxylic acid groups (broad SMARTS) is 1. The van der Waals surface area contributed by atoms with E-state index in [-0.39, 0.29) is 12.1 Å². The fraction of sp³-hybridized carbons (Fsp3) is 0.833. The van der Waals surface area contributed by atoms with Crippen molar-refractivity contribution >= 4 is 23.8 Å². The monoisotopic (exact) mass is 274 g/mol. The van der Waals surface area contributed by atoms with Crippen molar-refractivity contribution < 1.29 is 14.7 Å². The number of hydrogen-bond donors (Lipinski definition) is 3. The van der Waals surface area contributed by atoms with Crippen molar-refractivity contribution in [3.8, 4) is 0 Å². The average molecular weight is 274 g/mol. The number of urea groups is 1. The number of nitrogens with one attached hydrogen (secondary N) is 2. The van der Waals surface area contributed by atoms with E-state index in [1.807, 2.05) is 6.26 Å². The van der Waals surface area contributed by atoms with E-state index >= 15 is 0 Å². The van der Waals surface area contributed by atoms with Crippen molar-refractivity contribution in [2.75, 3.05) is 12.8 Å². The van der Waals surface area contributed by atoms with Crippen LogP contribution >= 0.6 is 11.8 Å². The van der Waals surface area contributed by atoms with Crippen LogP contribution in [0.2, 0.25) is 0 Å². The molecule has 0 aromatic heterocycles. The summed E-state index contributed by atoms with van der Waals surface area (Å²) < 4.78 is 0. The van der Waals surface area contributed by atoms with Crippen LogP contribution in [0.4, 0.5) is 4.79 Å². The van der Waals surface area contributed by atoms with E-state index in [0.29, 0.717) is 18.2 Å². The first-order valence-corrected chi connectivity index (χ1v) is 7.63. The van der Waals surface area contributed by atoms with Gasteiger partial charge in [0.15, 0.2) is 0 Å².